The lowest BCUT2D eigenvalue weighted by molar-refractivity contribution is -0.138. The van der Waals surface area contributed by atoms with Crippen LogP contribution in [0.15, 0.2) is 29.1 Å². The van der Waals surface area contributed by atoms with Crippen LogP contribution >= 0.6 is 0 Å². The molecule has 5 heteroatoms. The molecule has 2 aromatic heterocycles. The van der Waals surface area contributed by atoms with Crippen LogP contribution < -0.4 is 5.73 Å². The Kier molecular flexibility index (Phi) is 2.39. The second-order valence-electron chi connectivity index (χ2n) is 3.19. The van der Waals surface area contributed by atoms with Gasteiger partial charge in [-0.15, -0.1) is 0 Å². The van der Waals surface area contributed by atoms with E-state index in [9.17, 15) is 4.79 Å². The van der Waals surface area contributed by atoms with Gasteiger partial charge in [0.05, 0.1) is 12.2 Å². The largest absolute Gasteiger partial charge is 0.481 e. The second-order valence-corrected chi connectivity index (χ2v) is 3.19. The lowest BCUT2D eigenvalue weighted by atomic mass is 10.00. The molecule has 15 heavy (non-hydrogen) atoms. The number of pyridine rings is 1. The van der Waals surface area contributed by atoms with Crippen molar-refractivity contribution in [2.75, 3.05) is 6.54 Å². The molecule has 0 spiro atoms. The van der Waals surface area contributed by atoms with Crippen LogP contribution in [0, 0.1) is 0 Å². The topological polar surface area (TPSA) is 89.4 Å². The van der Waals surface area contributed by atoms with E-state index < -0.39 is 11.9 Å². The molecular weight excluding hydrogens is 196 g/mol. The smallest absolute Gasteiger partial charge is 0.312 e. The summed E-state index contributed by atoms with van der Waals surface area (Å²) in [5.41, 5.74) is 6.61. The highest BCUT2D eigenvalue weighted by atomic mass is 16.4. The third-order valence-electron chi connectivity index (χ3n) is 2.31. The molecule has 0 aromatic carbocycles. The second kappa shape index (κ2) is 3.70. The summed E-state index contributed by atoms with van der Waals surface area (Å²) in [6.07, 6.45) is 4.60. The fourth-order valence-electron chi connectivity index (χ4n) is 1.52. The Labute approximate surface area is 85.5 Å². The van der Waals surface area contributed by atoms with Gasteiger partial charge in [-0.25, -0.2) is 0 Å². The maximum Gasteiger partial charge on any atom is 0.312 e. The van der Waals surface area contributed by atoms with Gasteiger partial charge in [0, 0.05) is 29.9 Å². The fourth-order valence-corrected chi connectivity index (χ4v) is 1.52. The van der Waals surface area contributed by atoms with Gasteiger partial charge < -0.3 is 15.3 Å². The first-order valence-corrected chi connectivity index (χ1v) is 4.48. The van der Waals surface area contributed by atoms with Crippen molar-refractivity contribution in [2.45, 2.75) is 5.92 Å². The third kappa shape index (κ3) is 1.57. The summed E-state index contributed by atoms with van der Waals surface area (Å²) in [5.74, 6) is -1.69. The summed E-state index contributed by atoms with van der Waals surface area (Å²) in [7, 11) is 0. The van der Waals surface area contributed by atoms with Gasteiger partial charge in [-0.3, -0.25) is 9.78 Å². The molecule has 0 fully saturated rings. The van der Waals surface area contributed by atoms with Gasteiger partial charge in [0.25, 0.3) is 0 Å². The summed E-state index contributed by atoms with van der Waals surface area (Å²) >= 11 is 0. The molecule has 0 aliphatic carbocycles. The molecule has 3 N–H and O–H groups in total. The maximum atomic E-state index is 10.9. The number of fused-ring (bicyclic) bond motifs is 1. The number of nitrogens with two attached hydrogens (primary N) is 1. The molecule has 0 saturated heterocycles. The number of hydrogen-bond donors (Lipinski definition) is 2. The summed E-state index contributed by atoms with van der Waals surface area (Å²) < 4.78 is 5.22. The number of furan rings is 1. The molecule has 1 unspecified atom stereocenters. The fraction of sp³-hybridized carbons (Fsp3) is 0.200. The Morgan fingerprint density at radius 1 is 1.67 bits per heavy atom. The van der Waals surface area contributed by atoms with E-state index in [4.69, 9.17) is 15.3 Å². The molecule has 5 nitrogen and oxygen atoms in total. The van der Waals surface area contributed by atoms with Crippen molar-refractivity contribution < 1.29 is 14.3 Å². The molecule has 78 valence electrons. The monoisotopic (exact) mass is 206 g/mol. The lowest BCUT2D eigenvalue weighted by Crippen LogP contribution is -2.20. The number of carboxylic acids is 1. The maximum absolute atomic E-state index is 10.9. The Morgan fingerprint density at radius 3 is 3.13 bits per heavy atom. The van der Waals surface area contributed by atoms with Gasteiger partial charge in [0.1, 0.15) is 5.58 Å². The Balaban J connectivity index is 2.55. The zero-order valence-electron chi connectivity index (χ0n) is 7.88. The van der Waals surface area contributed by atoms with Crippen LogP contribution in [0.4, 0.5) is 0 Å². The van der Waals surface area contributed by atoms with E-state index in [-0.39, 0.29) is 6.54 Å². The number of rotatable bonds is 3. The van der Waals surface area contributed by atoms with E-state index in [2.05, 4.69) is 4.98 Å². The standard InChI is InChI=1S/C10H10N2O3/c11-3-6(10(13)14)8-5-15-9-1-2-12-4-7(8)9/h1-2,4-6H,3,11H2,(H,13,14). The van der Waals surface area contributed by atoms with Crippen LogP contribution in [0.25, 0.3) is 11.0 Å². The number of aliphatic carboxylic acids is 1. The van der Waals surface area contributed by atoms with Crippen LogP contribution in [0.5, 0.6) is 0 Å². The van der Waals surface area contributed by atoms with E-state index in [0.29, 0.717) is 16.5 Å². The first-order chi connectivity index (χ1) is 7.24. The van der Waals surface area contributed by atoms with Crippen LogP contribution in [-0.2, 0) is 4.79 Å². The molecule has 2 rings (SSSR count). The van der Waals surface area contributed by atoms with Gasteiger partial charge in [-0.05, 0) is 6.07 Å². The van der Waals surface area contributed by atoms with Crippen LogP contribution in [0.3, 0.4) is 0 Å². The molecule has 0 aliphatic rings. The van der Waals surface area contributed by atoms with Crippen molar-refractivity contribution in [1.82, 2.24) is 4.98 Å². The first kappa shape index (κ1) is 9.67. The predicted molar refractivity (Wildman–Crippen MR) is 53.4 cm³/mol. The molecular formula is C10H10N2O3. The zero-order valence-corrected chi connectivity index (χ0v) is 7.88. The molecule has 0 amide bonds. The quantitative estimate of drug-likeness (QED) is 0.780. The van der Waals surface area contributed by atoms with E-state index in [0.717, 1.165) is 0 Å². The van der Waals surface area contributed by atoms with E-state index in [1.807, 2.05) is 0 Å². The van der Waals surface area contributed by atoms with Crippen molar-refractivity contribution in [3.63, 3.8) is 0 Å². The van der Waals surface area contributed by atoms with Crippen molar-refractivity contribution in [1.29, 1.82) is 0 Å². The normalized spacial score (nSPS) is 12.9. The minimum atomic E-state index is -0.955. The highest BCUT2D eigenvalue weighted by Gasteiger charge is 2.22. The van der Waals surface area contributed by atoms with Gasteiger partial charge in [0.2, 0.25) is 0 Å². The number of carboxylic acid groups (broad SMARTS) is 1. The number of aromatic nitrogens is 1. The third-order valence-corrected chi connectivity index (χ3v) is 2.31. The average Bonchev–Trinajstić information content (AvgIpc) is 2.63. The summed E-state index contributed by atoms with van der Waals surface area (Å²) in [4.78, 5) is 14.9. The van der Waals surface area contributed by atoms with E-state index >= 15 is 0 Å². The summed E-state index contributed by atoms with van der Waals surface area (Å²) in [5, 5.41) is 9.67. The summed E-state index contributed by atoms with van der Waals surface area (Å²) in [6, 6.07) is 1.69. The predicted octanol–water partition coefficient (Wildman–Crippen LogP) is 0.955. The Morgan fingerprint density at radius 2 is 2.47 bits per heavy atom. The molecule has 0 saturated carbocycles. The molecule has 0 radical (unpaired) electrons. The zero-order chi connectivity index (χ0) is 10.8. The highest BCUT2D eigenvalue weighted by molar-refractivity contribution is 5.87. The Hall–Kier alpha value is -1.88. The lowest BCUT2D eigenvalue weighted by Gasteiger charge is -2.06. The van der Waals surface area contributed by atoms with Crippen LogP contribution in [0.1, 0.15) is 11.5 Å². The average molecular weight is 206 g/mol. The number of nitrogens with zero attached hydrogens (tertiary/aromatic N) is 1. The Bertz CT molecular complexity index is 492. The molecule has 2 aromatic rings. The summed E-state index contributed by atoms with van der Waals surface area (Å²) in [6.45, 7) is 0.0405. The van der Waals surface area contributed by atoms with Gasteiger partial charge in [-0.1, -0.05) is 0 Å². The molecule has 0 bridgehead atoms. The van der Waals surface area contributed by atoms with E-state index in [1.54, 1.807) is 18.5 Å². The molecule has 0 aliphatic heterocycles. The minimum absolute atomic E-state index is 0.0405. The molecule has 2 heterocycles. The van der Waals surface area contributed by atoms with E-state index in [1.165, 1.54) is 6.26 Å². The number of hydrogen-bond acceptors (Lipinski definition) is 4. The van der Waals surface area contributed by atoms with Crippen LogP contribution in [0.2, 0.25) is 0 Å². The molecule has 1 atom stereocenters. The highest BCUT2D eigenvalue weighted by Crippen LogP contribution is 2.26. The SMILES string of the molecule is NCC(C(=O)O)c1coc2ccncc12. The number of carbonyl (C=O) groups is 1. The van der Waals surface area contributed by atoms with Gasteiger partial charge in [0.15, 0.2) is 0 Å². The minimum Gasteiger partial charge on any atom is -0.481 e. The van der Waals surface area contributed by atoms with Crippen molar-refractivity contribution in [3.8, 4) is 0 Å². The van der Waals surface area contributed by atoms with Gasteiger partial charge in [-0.2, -0.15) is 0 Å². The van der Waals surface area contributed by atoms with Gasteiger partial charge >= 0.3 is 5.97 Å². The first-order valence-electron chi connectivity index (χ1n) is 4.48. The van der Waals surface area contributed by atoms with Crippen molar-refractivity contribution in [3.05, 3.63) is 30.3 Å². The van der Waals surface area contributed by atoms with Crippen molar-refractivity contribution in [2.24, 2.45) is 5.73 Å². The van der Waals surface area contributed by atoms with Crippen LogP contribution in [-0.4, -0.2) is 22.6 Å². The van der Waals surface area contributed by atoms with Crippen molar-refractivity contribution >= 4 is 16.9 Å².